The second-order valence-corrected chi connectivity index (χ2v) is 8.51. The Balaban J connectivity index is 1.73. The molecule has 25 heavy (non-hydrogen) atoms. The highest BCUT2D eigenvalue weighted by Gasteiger charge is 2.08. The van der Waals surface area contributed by atoms with E-state index in [1.54, 1.807) is 23.1 Å². The standard InChI is InChI=1S/C19H19ClN2OS2/c1-12-10-13(2)18-16(11-12)22(3)19(25-18)21-17(23)8-9-24-15-6-4-14(20)5-7-15/h4-7,10-11H,8-9H2,1-3H3. The van der Waals surface area contributed by atoms with Crippen molar-refractivity contribution in [2.45, 2.75) is 25.2 Å². The molecule has 1 amide bonds. The first-order chi connectivity index (χ1) is 11.9. The van der Waals surface area contributed by atoms with Gasteiger partial charge in [0.2, 0.25) is 5.91 Å². The van der Waals surface area contributed by atoms with Crippen molar-refractivity contribution >= 4 is 50.8 Å². The predicted octanol–water partition coefficient (Wildman–Crippen LogP) is 5.12. The highest BCUT2D eigenvalue weighted by molar-refractivity contribution is 7.99. The van der Waals surface area contributed by atoms with Gasteiger partial charge in [-0.3, -0.25) is 4.79 Å². The zero-order chi connectivity index (χ0) is 18.0. The summed E-state index contributed by atoms with van der Waals surface area (Å²) < 4.78 is 3.19. The van der Waals surface area contributed by atoms with E-state index in [-0.39, 0.29) is 5.91 Å². The van der Waals surface area contributed by atoms with Gasteiger partial charge in [-0.05, 0) is 55.3 Å². The molecule has 0 N–H and O–H groups in total. The fourth-order valence-electron chi connectivity index (χ4n) is 2.62. The van der Waals surface area contributed by atoms with Crippen molar-refractivity contribution in [2.24, 2.45) is 12.0 Å². The normalized spacial score (nSPS) is 12.1. The maximum atomic E-state index is 12.2. The molecule has 0 aliphatic carbocycles. The first-order valence-electron chi connectivity index (χ1n) is 7.97. The third kappa shape index (κ3) is 4.35. The molecule has 2 aromatic carbocycles. The lowest BCUT2D eigenvalue weighted by atomic mass is 10.1. The SMILES string of the molecule is Cc1cc(C)c2sc(=NC(=O)CCSc3ccc(Cl)cc3)n(C)c2c1. The molecule has 3 aromatic rings. The average Bonchev–Trinajstić information content (AvgIpc) is 2.86. The molecule has 3 nitrogen and oxygen atoms in total. The second kappa shape index (κ2) is 7.77. The van der Waals surface area contributed by atoms with Gasteiger partial charge in [0.15, 0.2) is 4.80 Å². The number of amides is 1. The van der Waals surface area contributed by atoms with Gasteiger partial charge < -0.3 is 4.57 Å². The van der Waals surface area contributed by atoms with Crippen molar-refractivity contribution in [3.05, 3.63) is 57.3 Å². The van der Waals surface area contributed by atoms with Crippen molar-refractivity contribution in [3.8, 4) is 0 Å². The van der Waals surface area contributed by atoms with Crippen LogP contribution < -0.4 is 4.80 Å². The monoisotopic (exact) mass is 390 g/mol. The van der Waals surface area contributed by atoms with Crippen LogP contribution in [-0.2, 0) is 11.8 Å². The number of rotatable bonds is 4. The van der Waals surface area contributed by atoms with E-state index in [9.17, 15) is 4.79 Å². The van der Waals surface area contributed by atoms with Crippen LogP contribution in [0.4, 0.5) is 0 Å². The first-order valence-corrected chi connectivity index (χ1v) is 10.1. The molecule has 130 valence electrons. The van der Waals surface area contributed by atoms with E-state index in [4.69, 9.17) is 11.6 Å². The summed E-state index contributed by atoms with van der Waals surface area (Å²) in [5, 5.41) is 0.721. The number of thiazole rings is 1. The number of aryl methyl sites for hydroxylation is 3. The van der Waals surface area contributed by atoms with Gasteiger partial charge in [0.25, 0.3) is 0 Å². The molecule has 0 spiro atoms. The molecule has 0 aliphatic heterocycles. The van der Waals surface area contributed by atoms with E-state index in [0.717, 1.165) is 20.2 Å². The molecule has 0 unspecified atom stereocenters. The fourth-order valence-corrected chi connectivity index (χ4v) is 4.68. The van der Waals surface area contributed by atoms with Gasteiger partial charge in [-0.1, -0.05) is 29.0 Å². The van der Waals surface area contributed by atoms with Crippen LogP contribution in [0, 0.1) is 13.8 Å². The summed E-state index contributed by atoms with van der Waals surface area (Å²) in [6.45, 7) is 4.18. The molecule has 1 heterocycles. The van der Waals surface area contributed by atoms with Crippen LogP contribution in [0.3, 0.4) is 0 Å². The molecule has 0 saturated heterocycles. The summed E-state index contributed by atoms with van der Waals surface area (Å²) in [7, 11) is 1.96. The topological polar surface area (TPSA) is 34.4 Å². The van der Waals surface area contributed by atoms with Crippen LogP contribution >= 0.6 is 34.7 Å². The van der Waals surface area contributed by atoms with E-state index < -0.39 is 0 Å². The predicted molar refractivity (Wildman–Crippen MR) is 108 cm³/mol. The minimum absolute atomic E-state index is 0.0852. The second-order valence-electron chi connectivity index (χ2n) is 5.93. The van der Waals surface area contributed by atoms with Crippen molar-refractivity contribution < 1.29 is 4.79 Å². The number of thioether (sulfide) groups is 1. The number of hydrogen-bond donors (Lipinski definition) is 0. The minimum Gasteiger partial charge on any atom is -0.319 e. The van der Waals surface area contributed by atoms with Gasteiger partial charge in [-0.2, -0.15) is 4.99 Å². The number of hydrogen-bond acceptors (Lipinski definition) is 3. The summed E-state index contributed by atoms with van der Waals surface area (Å²) in [4.78, 5) is 18.4. The Morgan fingerprint density at radius 1 is 1.24 bits per heavy atom. The zero-order valence-corrected chi connectivity index (χ0v) is 16.8. The Morgan fingerprint density at radius 2 is 1.96 bits per heavy atom. The number of benzene rings is 2. The van der Waals surface area contributed by atoms with Gasteiger partial charge in [-0.25, -0.2) is 0 Å². The lowest BCUT2D eigenvalue weighted by molar-refractivity contribution is -0.117. The Bertz CT molecular complexity index is 987. The summed E-state index contributed by atoms with van der Waals surface area (Å²) in [6.07, 6.45) is 0.416. The minimum atomic E-state index is -0.0852. The maximum Gasteiger partial charge on any atom is 0.249 e. The van der Waals surface area contributed by atoms with Crippen LogP contribution in [0.5, 0.6) is 0 Å². The molecule has 0 aliphatic rings. The average molecular weight is 391 g/mol. The Labute approximate surface area is 160 Å². The van der Waals surface area contributed by atoms with E-state index in [1.165, 1.54) is 15.8 Å². The lowest BCUT2D eigenvalue weighted by Crippen LogP contribution is -2.13. The maximum absolute atomic E-state index is 12.2. The smallest absolute Gasteiger partial charge is 0.249 e. The summed E-state index contributed by atoms with van der Waals surface area (Å²) in [5.41, 5.74) is 3.57. The van der Waals surface area contributed by atoms with Gasteiger partial charge in [0, 0.05) is 29.1 Å². The Hall–Kier alpha value is -1.56. The van der Waals surface area contributed by atoms with E-state index >= 15 is 0 Å². The molecule has 0 saturated carbocycles. The zero-order valence-electron chi connectivity index (χ0n) is 14.4. The fraction of sp³-hybridized carbons (Fsp3) is 0.263. The van der Waals surface area contributed by atoms with E-state index in [0.29, 0.717) is 12.2 Å². The van der Waals surface area contributed by atoms with Crippen LogP contribution in [0.25, 0.3) is 10.2 Å². The van der Waals surface area contributed by atoms with Gasteiger partial charge >= 0.3 is 0 Å². The first kappa shape index (κ1) is 18.2. The Morgan fingerprint density at radius 3 is 2.68 bits per heavy atom. The molecular weight excluding hydrogens is 372 g/mol. The molecule has 0 fully saturated rings. The number of carbonyl (C=O) groups is 1. The number of carbonyl (C=O) groups excluding carboxylic acids is 1. The molecule has 3 rings (SSSR count). The lowest BCUT2D eigenvalue weighted by Gasteiger charge is -2.00. The molecule has 0 radical (unpaired) electrons. The molecule has 0 atom stereocenters. The van der Waals surface area contributed by atoms with Crippen molar-refractivity contribution in [1.29, 1.82) is 0 Å². The number of halogens is 1. The number of aromatic nitrogens is 1. The highest BCUT2D eigenvalue weighted by atomic mass is 35.5. The van der Waals surface area contributed by atoms with Crippen molar-refractivity contribution in [1.82, 2.24) is 4.57 Å². The molecule has 6 heteroatoms. The van der Waals surface area contributed by atoms with E-state index in [1.807, 2.05) is 35.9 Å². The van der Waals surface area contributed by atoms with Gasteiger partial charge in [0.05, 0.1) is 10.2 Å². The third-order valence-corrected chi connectivity index (χ3v) is 6.41. The number of fused-ring (bicyclic) bond motifs is 1. The summed E-state index contributed by atoms with van der Waals surface area (Å²) in [6, 6.07) is 11.9. The van der Waals surface area contributed by atoms with Crippen LogP contribution in [0.15, 0.2) is 46.3 Å². The quantitative estimate of drug-likeness (QED) is 0.579. The molecular formula is C19H19ClN2OS2. The third-order valence-electron chi connectivity index (χ3n) is 3.86. The largest absolute Gasteiger partial charge is 0.319 e. The summed E-state index contributed by atoms with van der Waals surface area (Å²) >= 11 is 9.09. The molecule has 0 bridgehead atoms. The van der Waals surface area contributed by atoms with Crippen molar-refractivity contribution in [3.63, 3.8) is 0 Å². The van der Waals surface area contributed by atoms with Crippen LogP contribution in [-0.4, -0.2) is 16.2 Å². The van der Waals surface area contributed by atoms with Crippen LogP contribution in [0.1, 0.15) is 17.5 Å². The number of nitrogens with zero attached hydrogens (tertiary/aromatic N) is 2. The van der Waals surface area contributed by atoms with Crippen molar-refractivity contribution in [2.75, 3.05) is 5.75 Å². The van der Waals surface area contributed by atoms with E-state index in [2.05, 4.69) is 31.0 Å². The van der Waals surface area contributed by atoms with Gasteiger partial charge in [-0.15, -0.1) is 11.8 Å². The highest BCUT2D eigenvalue weighted by Crippen LogP contribution is 2.23. The molecule has 1 aromatic heterocycles. The Kier molecular flexibility index (Phi) is 5.67. The van der Waals surface area contributed by atoms with Crippen LogP contribution in [0.2, 0.25) is 5.02 Å². The van der Waals surface area contributed by atoms with Gasteiger partial charge in [0.1, 0.15) is 0 Å². The summed E-state index contributed by atoms with van der Waals surface area (Å²) in [5.74, 6) is 0.620.